The minimum atomic E-state index is -4.40. The predicted octanol–water partition coefficient (Wildman–Crippen LogP) is 8.01. The average Bonchev–Trinajstić information content (AvgIpc) is 2.78. The Morgan fingerprint density at radius 1 is 0.879 bits per heavy atom. The number of ether oxygens (including phenoxy) is 1. The van der Waals surface area contributed by atoms with Crippen LogP contribution in [0.2, 0.25) is 0 Å². The molecule has 0 aliphatic carbocycles. The fourth-order valence-corrected chi connectivity index (χ4v) is 6.30. The fraction of sp³-hybridized carbons (Fsp3) is 0.269. The van der Waals surface area contributed by atoms with Gasteiger partial charge in [-0.25, -0.2) is 0 Å². The van der Waals surface area contributed by atoms with Gasteiger partial charge in [-0.05, 0) is 83.5 Å². The topological polar surface area (TPSA) is 26.3 Å². The molecule has 0 radical (unpaired) electrons. The summed E-state index contributed by atoms with van der Waals surface area (Å²) in [5.41, 5.74) is -1.17. The normalized spacial score (nSPS) is 13.5. The molecule has 0 saturated heterocycles. The third-order valence-corrected chi connectivity index (χ3v) is 8.49. The number of rotatable bonds is 8. The number of alkyl halides is 3. The van der Waals surface area contributed by atoms with Crippen LogP contribution in [0.15, 0.2) is 98.4 Å². The maximum absolute atomic E-state index is 13.4. The molecular weight excluding hydrogens is 465 g/mol. The van der Waals surface area contributed by atoms with Gasteiger partial charge in [0.05, 0.1) is 11.3 Å². The van der Waals surface area contributed by atoms with Gasteiger partial charge in [0.15, 0.2) is 0 Å². The number of carbonyl (C=O) groups is 1. The monoisotopic (exact) mass is 492 g/mol. The number of carbonyl (C=O) groups excluding carboxylic acids is 1. The zero-order valence-corrected chi connectivity index (χ0v) is 20.4. The van der Waals surface area contributed by atoms with Gasteiger partial charge in [0.2, 0.25) is 0 Å². The summed E-state index contributed by atoms with van der Waals surface area (Å²) >= 11 is 1.36. The number of thioether (sulfide) groups is 1. The second-order valence-electron chi connectivity index (χ2n) is 8.09. The van der Waals surface area contributed by atoms with Gasteiger partial charge in [-0.15, -0.1) is 11.8 Å². The lowest BCUT2D eigenvalue weighted by molar-refractivity contribution is -0.153. The first-order chi connectivity index (χ1) is 15.6. The standard InChI is InChI=1S/C26H27F3O2S2/c1-4-25(2,3)31-24(30)18-32-20-11-9-15-23(17-20)33(21-12-6-5-7-13-21)22-14-8-10-19(16-22)26(27,28)29/h5-17,33H,4,18H2,1-3H3. The third-order valence-electron chi connectivity index (χ3n) is 5.12. The van der Waals surface area contributed by atoms with Crippen molar-refractivity contribution >= 4 is 28.6 Å². The summed E-state index contributed by atoms with van der Waals surface area (Å²) in [6.07, 6.45) is -3.69. The lowest BCUT2D eigenvalue weighted by atomic mass is 10.1. The molecule has 0 heterocycles. The van der Waals surface area contributed by atoms with E-state index in [0.717, 1.165) is 27.2 Å². The highest BCUT2D eigenvalue weighted by atomic mass is 32.2. The van der Waals surface area contributed by atoms with Gasteiger partial charge in [-0.1, -0.05) is 37.3 Å². The van der Waals surface area contributed by atoms with Gasteiger partial charge in [0, 0.05) is 4.90 Å². The van der Waals surface area contributed by atoms with Crippen molar-refractivity contribution in [3.05, 3.63) is 84.4 Å². The van der Waals surface area contributed by atoms with Crippen molar-refractivity contribution in [3.8, 4) is 0 Å². The SMILES string of the molecule is CCC(C)(C)OC(=O)CSc1cccc([SH](c2ccccc2)c2cccc(C(F)(F)F)c2)c1. The molecule has 0 N–H and O–H groups in total. The van der Waals surface area contributed by atoms with Crippen molar-refractivity contribution in [2.45, 2.75) is 58.6 Å². The highest BCUT2D eigenvalue weighted by Crippen LogP contribution is 2.52. The maximum atomic E-state index is 13.4. The molecule has 0 aliphatic rings. The zero-order chi connectivity index (χ0) is 24.1. The van der Waals surface area contributed by atoms with Gasteiger partial charge < -0.3 is 4.74 Å². The number of esters is 1. The van der Waals surface area contributed by atoms with Crippen LogP contribution in [0.1, 0.15) is 32.8 Å². The number of halogens is 3. The van der Waals surface area contributed by atoms with E-state index in [1.165, 1.54) is 23.9 Å². The molecule has 0 fully saturated rings. The molecule has 3 rings (SSSR count). The molecule has 0 amide bonds. The molecule has 1 atom stereocenters. The average molecular weight is 493 g/mol. The molecule has 2 nitrogen and oxygen atoms in total. The molecule has 33 heavy (non-hydrogen) atoms. The first-order valence-electron chi connectivity index (χ1n) is 10.6. The second-order valence-corrected chi connectivity index (χ2v) is 11.4. The first kappa shape index (κ1) is 25.2. The summed E-state index contributed by atoms with van der Waals surface area (Å²) in [7, 11) is -1.21. The summed E-state index contributed by atoms with van der Waals surface area (Å²) in [5, 5.41) is 0. The molecule has 0 spiro atoms. The smallest absolute Gasteiger partial charge is 0.416 e. The van der Waals surface area contributed by atoms with Crippen molar-refractivity contribution < 1.29 is 22.7 Å². The van der Waals surface area contributed by atoms with Crippen LogP contribution in [-0.2, 0) is 15.7 Å². The molecule has 0 saturated carbocycles. The maximum Gasteiger partial charge on any atom is 0.416 e. The summed E-state index contributed by atoms with van der Waals surface area (Å²) in [5.74, 6) is -0.125. The Morgan fingerprint density at radius 3 is 2.12 bits per heavy atom. The molecule has 7 heteroatoms. The number of hydrogen-bond donors (Lipinski definition) is 1. The zero-order valence-electron chi connectivity index (χ0n) is 18.7. The number of thiol groups is 1. The molecule has 0 aliphatic heterocycles. The molecule has 0 bridgehead atoms. The van der Waals surface area contributed by atoms with Crippen LogP contribution < -0.4 is 0 Å². The molecule has 176 valence electrons. The quantitative estimate of drug-likeness (QED) is 0.196. The Bertz CT molecular complexity index is 1080. The van der Waals surface area contributed by atoms with Crippen LogP contribution in [0, 0.1) is 0 Å². The summed E-state index contributed by atoms with van der Waals surface area (Å²) in [6, 6.07) is 22.8. The Hall–Kier alpha value is -2.38. The van der Waals surface area contributed by atoms with E-state index in [9.17, 15) is 18.0 Å². The van der Waals surface area contributed by atoms with Crippen molar-refractivity contribution in [1.29, 1.82) is 0 Å². The molecule has 3 aromatic rings. The lowest BCUT2D eigenvalue weighted by Crippen LogP contribution is -2.27. The van der Waals surface area contributed by atoms with E-state index in [4.69, 9.17) is 4.74 Å². The molecule has 1 unspecified atom stereocenters. The molecule has 0 aromatic heterocycles. The Kier molecular flexibility index (Phi) is 8.19. The van der Waals surface area contributed by atoms with Gasteiger partial charge in [0.1, 0.15) is 5.60 Å². The Morgan fingerprint density at radius 2 is 1.48 bits per heavy atom. The van der Waals surface area contributed by atoms with E-state index in [0.29, 0.717) is 4.90 Å². The summed E-state index contributed by atoms with van der Waals surface area (Å²) in [4.78, 5) is 15.6. The van der Waals surface area contributed by atoms with Crippen molar-refractivity contribution in [3.63, 3.8) is 0 Å². The van der Waals surface area contributed by atoms with Crippen LogP contribution in [0.3, 0.4) is 0 Å². The van der Waals surface area contributed by atoms with Crippen LogP contribution in [0.4, 0.5) is 13.2 Å². The third kappa shape index (κ3) is 7.05. The van der Waals surface area contributed by atoms with Crippen LogP contribution in [0.5, 0.6) is 0 Å². The van der Waals surface area contributed by atoms with E-state index in [1.54, 1.807) is 6.07 Å². The van der Waals surface area contributed by atoms with E-state index in [-0.39, 0.29) is 11.7 Å². The first-order valence-corrected chi connectivity index (χ1v) is 12.9. The molecule has 3 aromatic carbocycles. The Balaban J connectivity index is 1.91. The van der Waals surface area contributed by atoms with Crippen molar-refractivity contribution in [1.82, 2.24) is 0 Å². The molecular formula is C26H27F3O2S2. The van der Waals surface area contributed by atoms with E-state index in [2.05, 4.69) is 0 Å². The highest BCUT2D eigenvalue weighted by Gasteiger charge is 2.31. The van der Waals surface area contributed by atoms with Gasteiger partial charge in [-0.3, -0.25) is 4.79 Å². The predicted molar refractivity (Wildman–Crippen MR) is 129 cm³/mol. The fourth-order valence-electron chi connectivity index (χ4n) is 3.11. The van der Waals surface area contributed by atoms with E-state index < -0.39 is 28.2 Å². The number of hydrogen-bond acceptors (Lipinski definition) is 3. The van der Waals surface area contributed by atoms with Gasteiger partial charge >= 0.3 is 12.1 Å². The van der Waals surface area contributed by atoms with Gasteiger partial charge in [0.25, 0.3) is 0 Å². The van der Waals surface area contributed by atoms with E-state index >= 15 is 0 Å². The number of benzene rings is 3. The highest BCUT2D eigenvalue weighted by molar-refractivity contribution is 8.17. The Labute approximate surface area is 199 Å². The lowest BCUT2D eigenvalue weighted by Gasteiger charge is -2.25. The van der Waals surface area contributed by atoms with E-state index in [1.807, 2.05) is 75.4 Å². The minimum Gasteiger partial charge on any atom is -0.459 e. The van der Waals surface area contributed by atoms with Crippen molar-refractivity contribution in [2.24, 2.45) is 0 Å². The van der Waals surface area contributed by atoms with Crippen molar-refractivity contribution in [2.75, 3.05) is 5.75 Å². The largest absolute Gasteiger partial charge is 0.459 e. The van der Waals surface area contributed by atoms with Crippen LogP contribution >= 0.6 is 22.7 Å². The summed E-state index contributed by atoms with van der Waals surface area (Å²) < 4.78 is 45.6. The summed E-state index contributed by atoms with van der Waals surface area (Å²) in [6.45, 7) is 5.71. The van der Waals surface area contributed by atoms with Gasteiger partial charge in [-0.2, -0.15) is 24.1 Å². The van der Waals surface area contributed by atoms with Crippen LogP contribution in [0.25, 0.3) is 0 Å². The van der Waals surface area contributed by atoms with Crippen LogP contribution in [-0.4, -0.2) is 17.3 Å². The second kappa shape index (κ2) is 10.7. The minimum absolute atomic E-state index is 0.166.